The summed E-state index contributed by atoms with van der Waals surface area (Å²) in [6, 6.07) is 19.1. The maximum Gasteiger partial charge on any atom is 0.124 e. The van der Waals surface area contributed by atoms with E-state index in [2.05, 4.69) is 66.1 Å². The predicted molar refractivity (Wildman–Crippen MR) is 80.3 cm³/mol. The molecule has 0 fully saturated rings. The summed E-state index contributed by atoms with van der Waals surface area (Å²) < 4.78 is 2.39. The van der Waals surface area contributed by atoms with Crippen molar-refractivity contribution in [3.05, 3.63) is 66.0 Å². The number of imidazole rings is 1. The van der Waals surface area contributed by atoms with Crippen LogP contribution in [0.15, 0.2) is 54.6 Å². The molecule has 0 aliphatic carbocycles. The topological polar surface area (TPSA) is 17.8 Å². The zero-order valence-corrected chi connectivity index (χ0v) is 11.5. The number of nitrogens with zero attached hydrogens (tertiary/aromatic N) is 2. The molecule has 1 aliphatic rings. The molecule has 0 saturated carbocycles. The van der Waals surface area contributed by atoms with Crippen LogP contribution in [0.1, 0.15) is 28.9 Å². The van der Waals surface area contributed by atoms with Gasteiger partial charge >= 0.3 is 0 Å². The maximum absolute atomic E-state index is 4.79. The molecule has 19 heavy (non-hydrogen) atoms. The highest BCUT2D eigenvalue weighted by Gasteiger charge is 2.32. The number of hydrogen-bond acceptors (Lipinski definition) is 2. The van der Waals surface area contributed by atoms with Crippen LogP contribution in [-0.4, -0.2) is 9.55 Å². The van der Waals surface area contributed by atoms with E-state index < -0.39 is 0 Å². The molecule has 3 heteroatoms. The van der Waals surface area contributed by atoms with Crippen molar-refractivity contribution in [2.24, 2.45) is 0 Å². The molecule has 2 nitrogen and oxygen atoms in total. The lowest BCUT2D eigenvalue weighted by Crippen LogP contribution is -2.02. The van der Waals surface area contributed by atoms with Gasteiger partial charge in [0.25, 0.3) is 0 Å². The number of fused-ring (bicyclic) bond motifs is 3. The summed E-state index contributed by atoms with van der Waals surface area (Å²) in [5, 5.41) is 0.788. The molecule has 0 N–H and O–H groups in total. The summed E-state index contributed by atoms with van der Waals surface area (Å²) in [5.74, 6) is 1.19. The second-order valence-corrected chi connectivity index (χ2v) is 6.30. The van der Waals surface area contributed by atoms with Crippen LogP contribution in [0, 0.1) is 0 Å². The predicted octanol–water partition coefficient (Wildman–Crippen LogP) is 4.39. The van der Waals surface area contributed by atoms with E-state index in [4.69, 9.17) is 4.98 Å². The van der Waals surface area contributed by atoms with E-state index in [1.54, 1.807) is 0 Å². The van der Waals surface area contributed by atoms with E-state index in [-0.39, 0.29) is 0 Å². The SMILES string of the molecule is C[C@H]1S[C@H](c2ccccc2)n2c1nc1ccccc12. The molecule has 2 heterocycles. The van der Waals surface area contributed by atoms with Crippen molar-refractivity contribution in [3.63, 3.8) is 0 Å². The molecule has 0 radical (unpaired) electrons. The van der Waals surface area contributed by atoms with Crippen LogP contribution >= 0.6 is 11.8 Å². The van der Waals surface area contributed by atoms with Gasteiger partial charge in [-0.05, 0) is 24.6 Å². The Hall–Kier alpha value is -1.74. The van der Waals surface area contributed by atoms with Gasteiger partial charge in [0.1, 0.15) is 11.2 Å². The van der Waals surface area contributed by atoms with Crippen molar-refractivity contribution in [3.8, 4) is 0 Å². The van der Waals surface area contributed by atoms with Gasteiger partial charge in [0, 0.05) is 0 Å². The Balaban J connectivity index is 1.96. The summed E-state index contributed by atoms with van der Waals surface area (Å²) in [6.07, 6.45) is 0. The Bertz CT molecular complexity index is 733. The first-order valence-corrected chi connectivity index (χ1v) is 7.46. The van der Waals surface area contributed by atoms with Crippen molar-refractivity contribution in [1.82, 2.24) is 9.55 Å². The van der Waals surface area contributed by atoms with Crippen LogP contribution in [0.2, 0.25) is 0 Å². The molecule has 4 rings (SSSR count). The highest BCUT2D eigenvalue weighted by molar-refractivity contribution is 8.00. The van der Waals surface area contributed by atoms with Crippen molar-refractivity contribution in [2.75, 3.05) is 0 Å². The van der Waals surface area contributed by atoms with E-state index in [0.29, 0.717) is 10.6 Å². The minimum atomic E-state index is 0.346. The largest absolute Gasteiger partial charge is 0.310 e. The van der Waals surface area contributed by atoms with E-state index in [1.165, 1.54) is 16.9 Å². The van der Waals surface area contributed by atoms with Gasteiger partial charge in [-0.3, -0.25) is 0 Å². The fourth-order valence-electron chi connectivity index (χ4n) is 2.76. The van der Waals surface area contributed by atoms with Crippen LogP contribution in [0.4, 0.5) is 0 Å². The van der Waals surface area contributed by atoms with Gasteiger partial charge in [-0.2, -0.15) is 0 Å². The Morgan fingerprint density at radius 1 is 1.00 bits per heavy atom. The van der Waals surface area contributed by atoms with E-state index in [0.717, 1.165) is 5.52 Å². The van der Waals surface area contributed by atoms with Gasteiger partial charge in [0.05, 0.1) is 16.3 Å². The van der Waals surface area contributed by atoms with Gasteiger partial charge in [-0.1, -0.05) is 42.5 Å². The summed E-state index contributed by atoms with van der Waals surface area (Å²) in [5.41, 5.74) is 3.69. The van der Waals surface area contributed by atoms with Crippen molar-refractivity contribution in [2.45, 2.75) is 17.5 Å². The Morgan fingerprint density at radius 3 is 2.58 bits per heavy atom. The number of benzene rings is 2. The average molecular weight is 266 g/mol. The molecule has 0 amide bonds. The molecule has 0 bridgehead atoms. The quantitative estimate of drug-likeness (QED) is 0.650. The number of hydrogen-bond donors (Lipinski definition) is 0. The number of para-hydroxylation sites is 2. The average Bonchev–Trinajstić information content (AvgIpc) is 2.98. The first kappa shape index (κ1) is 11.1. The smallest absolute Gasteiger partial charge is 0.124 e. The highest BCUT2D eigenvalue weighted by atomic mass is 32.2. The van der Waals surface area contributed by atoms with Gasteiger partial charge in [-0.15, -0.1) is 11.8 Å². The first-order valence-electron chi connectivity index (χ1n) is 6.52. The molecular formula is C16H14N2S. The van der Waals surface area contributed by atoms with E-state index in [1.807, 2.05) is 11.8 Å². The molecule has 3 aromatic rings. The monoisotopic (exact) mass is 266 g/mol. The standard InChI is InChI=1S/C16H14N2S/c1-11-15-17-13-9-5-6-10-14(13)18(15)16(19-11)12-7-3-2-4-8-12/h2-11,16H,1H3/t11-,16-/m1/s1. The van der Waals surface area contributed by atoms with E-state index >= 15 is 0 Å². The summed E-state index contributed by atoms with van der Waals surface area (Å²) in [7, 11) is 0. The Labute approximate surface area is 116 Å². The van der Waals surface area contributed by atoms with Gasteiger partial charge < -0.3 is 4.57 Å². The lowest BCUT2D eigenvalue weighted by atomic mass is 10.2. The summed E-state index contributed by atoms with van der Waals surface area (Å²) in [6.45, 7) is 2.24. The lowest BCUT2D eigenvalue weighted by Gasteiger charge is -2.14. The third-order valence-corrected chi connectivity index (χ3v) is 5.00. The zero-order chi connectivity index (χ0) is 12.8. The molecule has 2 aromatic carbocycles. The van der Waals surface area contributed by atoms with Crippen LogP contribution in [-0.2, 0) is 0 Å². The van der Waals surface area contributed by atoms with Gasteiger partial charge in [0.2, 0.25) is 0 Å². The number of rotatable bonds is 1. The van der Waals surface area contributed by atoms with Crippen LogP contribution < -0.4 is 0 Å². The zero-order valence-electron chi connectivity index (χ0n) is 10.7. The second-order valence-electron chi connectivity index (χ2n) is 4.87. The number of aromatic nitrogens is 2. The molecule has 1 aromatic heterocycles. The minimum absolute atomic E-state index is 0.346. The Morgan fingerprint density at radius 2 is 1.74 bits per heavy atom. The molecule has 0 unspecified atom stereocenters. The normalized spacial score (nSPS) is 21.7. The molecular weight excluding hydrogens is 252 g/mol. The third-order valence-electron chi connectivity index (χ3n) is 3.64. The Kier molecular flexibility index (Phi) is 2.42. The van der Waals surface area contributed by atoms with Crippen molar-refractivity contribution in [1.29, 1.82) is 0 Å². The maximum atomic E-state index is 4.79. The van der Waals surface area contributed by atoms with Gasteiger partial charge in [0.15, 0.2) is 0 Å². The fourth-order valence-corrected chi connectivity index (χ4v) is 4.09. The fraction of sp³-hybridized carbons (Fsp3) is 0.188. The second kappa shape index (κ2) is 4.14. The third kappa shape index (κ3) is 1.61. The van der Waals surface area contributed by atoms with Crippen molar-refractivity contribution >= 4 is 22.8 Å². The molecule has 0 saturated heterocycles. The van der Waals surface area contributed by atoms with Gasteiger partial charge in [-0.25, -0.2) is 4.98 Å². The molecule has 0 spiro atoms. The van der Waals surface area contributed by atoms with Crippen LogP contribution in [0.3, 0.4) is 0 Å². The lowest BCUT2D eigenvalue weighted by molar-refractivity contribution is 0.776. The van der Waals surface area contributed by atoms with Crippen LogP contribution in [0.25, 0.3) is 11.0 Å². The summed E-state index contributed by atoms with van der Waals surface area (Å²) >= 11 is 1.97. The highest BCUT2D eigenvalue weighted by Crippen LogP contribution is 2.49. The minimum Gasteiger partial charge on any atom is -0.310 e. The van der Waals surface area contributed by atoms with Crippen molar-refractivity contribution < 1.29 is 0 Å². The van der Waals surface area contributed by atoms with E-state index in [9.17, 15) is 0 Å². The molecule has 94 valence electrons. The number of thioether (sulfide) groups is 1. The molecule has 1 aliphatic heterocycles. The summed E-state index contributed by atoms with van der Waals surface area (Å²) in [4.78, 5) is 4.79. The first-order chi connectivity index (χ1) is 9.34. The molecule has 2 atom stereocenters. The van der Waals surface area contributed by atoms with Crippen LogP contribution in [0.5, 0.6) is 0 Å².